The van der Waals surface area contributed by atoms with E-state index < -0.39 is 13.0 Å². The number of rotatable bonds is 5. The van der Waals surface area contributed by atoms with Gasteiger partial charge in [-0.3, -0.25) is 9.69 Å². The number of piperidine rings is 1. The Balaban J connectivity index is 1.59. The van der Waals surface area contributed by atoms with Crippen molar-refractivity contribution in [3.8, 4) is 5.88 Å². The first-order valence-electron chi connectivity index (χ1n) is 8.98. The third-order valence-electron chi connectivity index (χ3n) is 5.20. The number of ether oxygens (including phenoxy) is 2. The molecule has 0 radical (unpaired) electrons. The molecule has 3 heterocycles. The number of halogens is 2. The minimum absolute atomic E-state index is 0.0475. The van der Waals surface area contributed by atoms with Crippen LogP contribution in [0.25, 0.3) is 0 Å². The summed E-state index contributed by atoms with van der Waals surface area (Å²) in [6, 6.07) is 4.67. The molecule has 0 saturated carbocycles. The van der Waals surface area contributed by atoms with Gasteiger partial charge in [0.25, 0.3) is 12.3 Å². The van der Waals surface area contributed by atoms with Crippen LogP contribution >= 0.6 is 0 Å². The molecule has 2 aliphatic rings. The van der Waals surface area contributed by atoms with Gasteiger partial charge >= 0.3 is 0 Å². The molecule has 0 bridgehead atoms. The molecule has 1 amide bonds. The number of morpholine rings is 1. The van der Waals surface area contributed by atoms with Crippen LogP contribution in [0.15, 0.2) is 18.2 Å². The first-order chi connectivity index (χ1) is 12.5. The van der Waals surface area contributed by atoms with Crippen LogP contribution < -0.4 is 4.74 Å². The first kappa shape index (κ1) is 19.0. The fraction of sp³-hybridized carbons (Fsp3) is 0.667. The van der Waals surface area contributed by atoms with Crippen LogP contribution in [0.2, 0.25) is 0 Å². The van der Waals surface area contributed by atoms with Crippen LogP contribution in [-0.4, -0.2) is 78.7 Å². The van der Waals surface area contributed by atoms with Crippen LogP contribution in [0, 0.1) is 0 Å². The summed E-state index contributed by atoms with van der Waals surface area (Å²) in [5.74, 6) is -0.136. The summed E-state index contributed by atoms with van der Waals surface area (Å²) >= 11 is 0. The van der Waals surface area contributed by atoms with E-state index in [1.807, 2.05) is 0 Å². The van der Waals surface area contributed by atoms with E-state index in [0.29, 0.717) is 13.1 Å². The van der Waals surface area contributed by atoms with E-state index in [1.165, 1.54) is 6.07 Å². The number of likely N-dealkylation sites (tertiary alicyclic amines) is 1. The Morgan fingerprint density at radius 2 is 1.96 bits per heavy atom. The summed E-state index contributed by atoms with van der Waals surface area (Å²) in [5, 5.41) is 0. The van der Waals surface area contributed by atoms with Gasteiger partial charge in [0.05, 0.1) is 13.2 Å². The molecule has 2 aliphatic heterocycles. The Morgan fingerprint density at radius 1 is 1.27 bits per heavy atom. The Morgan fingerprint density at radius 3 is 2.62 bits per heavy atom. The van der Waals surface area contributed by atoms with Gasteiger partial charge in [-0.1, -0.05) is 6.07 Å². The van der Waals surface area contributed by atoms with Crippen molar-refractivity contribution in [2.45, 2.75) is 31.7 Å². The highest BCUT2D eigenvalue weighted by molar-refractivity contribution is 5.92. The highest BCUT2D eigenvalue weighted by Gasteiger charge is 2.37. The lowest BCUT2D eigenvalue weighted by atomic mass is 9.87. The predicted octanol–water partition coefficient (Wildman–Crippen LogP) is 2.05. The van der Waals surface area contributed by atoms with Crippen molar-refractivity contribution in [1.82, 2.24) is 14.8 Å². The van der Waals surface area contributed by atoms with E-state index in [4.69, 9.17) is 9.47 Å². The van der Waals surface area contributed by atoms with Gasteiger partial charge in [0.1, 0.15) is 5.69 Å². The third-order valence-corrected chi connectivity index (χ3v) is 5.20. The molecular weight excluding hydrogens is 344 g/mol. The molecule has 0 N–H and O–H groups in total. The van der Waals surface area contributed by atoms with E-state index in [2.05, 4.69) is 16.8 Å². The fourth-order valence-electron chi connectivity index (χ4n) is 3.54. The molecule has 1 aromatic rings. The molecule has 0 spiro atoms. The zero-order valence-electron chi connectivity index (χ0n) is 15.0. The van der Waals surface area contributed by atoms with Crippen molar-refractivity contribution >= 4 is 5.91 Å². The van der Waals surface area contributed by atoms with Gasteiger partial charge in [-0.15, -0.1) is 0 Å². The number of amides is 1. The third kappa shape index (κ3) is 4.48. The van der Waals surface area contributed by atoms with E-state index in [0.717, 1.165) is 39.1 Å². The van der Waals surface area contributed by atoms with Gasteiger partial charge in [-0.05, 0) is 25.8 Å². The molecule has 144 valence electrons. The first-order valence-corrected chi connectivity index (χ1v) is 8.98. The molecule has 0 aliphatic carbocycles. The zero-order chi connectivity index (χ0) is 18.6. The predicted molar refractivity (Wildman–Crippen MR) is 91.7 cm³/mol. The smallest absolute Gasteiger partial charge is 0.272 e. The Hall–Kier alpha value is -1.80. The standard InChI is InChI=1S/C18H25F2N3O3/c1-18(23-9-11-25-12-10-23)5-7-22(8-6-18)17(24)14-3-2-4-16(21-14)26-13-15(19)20/h2-4,15H,5-13H2,1H3. The van der Waals surface area contributed by atoms with Gasteiger partial charge < -0.3 is 14.4 Å². The number of aromatic nitrogens is 1. The second-order valence-corrected chi connectivity index (χ2v) is 6.95. The molecule has 8 heteroatoms. The molecule has 26 heavy (non-hydrogen) atoms. The minimum atomic E-state index is -2.57. The van der Waals surface area contributed by atoms with Crippen molar-refractivity contribution in [1.29, 1.82) is 0 Å². The SMILES string of the molecule is CC1(N2CCOCC2)CCN(C(=O)c2cccc(OCC(F)F)n2)CC1. The van der Waals surface area contributed by atoms with Crippen LogP contribution in [0.1, 0.15) is 30.3 Å². The molecular formula is C18H25F2N3O3. The lowest BCUT2D eigenvalue weighted by Crippen LogP contribution is -2.57. The zero-order valence-corrected chi connectivity index (χ0v) is 15.0. The summed E-state index contributed by atoms with van der Waals surface area (Å²) < 4.78 is 34.8. The van der Waals surface area contributed by atoms with E-state index >= 15 is 0 Å². The number of carbonyl (C=O) groups is 1. The molecule has 0 aromatic carbocycles. The maximum atomic E-state index is 12.7. The van der Waals surface area contributed by atoms with Gasteiger partial charge in [0.15, 0.2) is 6.61 Å². The van der Waals surface area contributed by atoms with Crippen molar-refractivity contribution in [2.75, 3.05) is 46.0 Å². The lowest BCUT2D eigenvalue weighted by molar-refractivity contribution is -0.0372. The van der Waals surface area contributed by atoms with Crippen molar-refractivity contribution < 1.29 is 23.0 Å². The fourth-order valence-corrected chi connectivity index (χ4v) is 3.54. The highest BCUT2D eigenvalue weighted by Crippen LogP contribution is 2.29. The summed E-state index contributed by atoms with van der Waals surface area (Å²) in [6.07, 6.45) is -0.795. The average Bonchev–Trinajstić information content (AvgIpc) is 2.67. The van der Waals surface area contributed by atoms with Gasteiger partial charge in [0, 0.05) is 37.8 Å². The van der Waals surface area contributed by atoms with Crippen LogP contribution in [0.5, 0.6) is 5.88 Å². The van der Waals surface area contributed by atoms with E-state index in [1.54, 1.807) is 17.0 Å². The number of nitrogens with zero attached hydrogens (tertiary/aromatic N) is 3. The number of hydrogen-bond donors (Lipinski definition) is 0. The minimum Gasteiger partial charge on any atom is -0.472 e. The monoisotopic (exact) mass is 369 g/mol. The molecule has 0 atom stereocenters. The topological polar surface area (TPSA) is 54.9 Å². The largest absolute Gasteiger partial charge is 0.472 e. The van der Waals surface area contributed by atoms with E-state index in [9.17, 15) is 13.6 Å². The van der Waals surface area contributed by atoms with Crippen LogP contribution in [0.3, 0.4) is 0 Å². The normalized spacial score (nSPS) is 21.0. The van der Waals surface area contributed by atoms with Crippen molar-refractivity contribution in [3.05, 3.63) is 23.9 Å². The maximum absolute atomic E-state index is 12.7. The van der Waals surface area contributed by atoms with Gasteiger partial charge in [-0.2, -0.15) is 0 Å². The second kappa shape index (κ2) is 8.26. The molecule has 2 saturated heterocycles. The lowest BCUT2D eigenvalue weighted by Gasteiger charge is -2.48. The van der Waals surface area contributed by atoms with Crippen molar-refractivity contribution in [3.63, 3.8) is 0 Å². The summed E-state index contributed by atoms with van der Waals surface area (Å²) in [6.45, 7) is 6.18. The summed E-state index contributed by atoms with van der Waals surface area (Å²) in [5.41, 5.74) is 0.308. The molecule has 1 aromatic heterocycles. The maximum Gasteiger partial charge on any atom is 0.272 e. The average molecular weight is 369 g/mol. The van der Waals surface area contributed by atoms with E-state index in [-0.39, 0.29) is 23.0 Å². The summed E-state index contributed by atoms with van der Waals surface area (Å²) in [4.78, 5) is 21.0. The Bertz CT molecular complexity index is 615. The van der Waals surface area contributed by atoms with Gasteiger partial charge in [0.2, 0.25) is 5.88 Å². The van der Waals surface area contributed by atoms with Gasteiger partial charge in [-0.25, -0.2) is 13.8 Å². The van der Waals surface area contributed by atoms with Crippen molar-refractivity contribution in [2.24, 2.45) is 0 Å². The quantitative estimate of drug-likeness (QED) is 0.795. The molecule has 0 unspecified atom stereocenters. The number of hydrogen-bond acceptors (Lipinski definition) is 5. The number of pyridine rings is 1. The van der Waals surface area contributed by atoms with Crippen LogP contribution in [-0.2, 0) is 4.74 Å². The molecule has 6 nitrogen and oxygen atoms in total. The Kier molecular flexibility index (Phi) is 6.03. The molecule has 2 fully saturated rings. The number of alkyl halides is 2. The molecule has 3 rings (SSSR count). The van der Waals surface area contributed by atoms with Crippen LogP contribution in [0.4, 0.5) is 8.78 Å². The Labute approximate surface area is 152 Å². The number of carbonyl (C=O) groups excluding carboxylic acids is 1. The summed E-state index contributed by atoms with van der Waals surface area (Å²) in [7, 11) is 0. The second-order valence-electron chi connectivity index (χ2n) is 6.95. The highest BCUT2D eigenvalue weighted by atomic mass is 19.3.